The first-order valence-corrected chi connectivity index (χ1v) is 5.90. The van der Waals surface area contributed by atoms with Crippen molar-refractivity contribution in [1.29, 1.82) is 0 Å². The normalized spacial score (nSPS) is 12.6. The van der Waals surface area contributed by atoms with Crippen LogP contribution < -0.4 is 5.32 Å². The Balaban J connectivity index is 2.82. The van der Waals surface area contributed by atoms with Gasteiger partial charge in [0.15, 0.2) is 0 Å². The lowest BCUT2D eigenvalue weighted by atomic mass is 10.1. The van der Waals surface area contributed by atoms with Crippen molar-refractivity contribution in [2.24, 2.45) is 0 Å². The van der Waals surface area contributed by atoms with Crippen LogP contribution in [0.5, 0.6) is 0 Å². The van der Waals surface area contributed by atoms with E-state index in [2.05, 4.69) is 51.2 Å². The smallest absolute Gasteiger partial charge is 0.0603 e. The predicted molar refractivity (Wildman–Crippen MR) is 64.9 cm³/mol. The quantitative estimate of drug-likeness (QED) is 0.746. The summed E-state index contributed by atoms with van der Waals surface area (Å²) < 4.78 is 0. The number of aryl methyl sites for hydroxylation is 1. The third kappa shape index (κ3) is 3.28. The topological polar surface area (TPSA) is 12.0 Å². The number of hydrogen-bond acceptors (Lipinski definition) is 2. The fraction of sp³-hybridized carbons (Fsp3) is 0.500. The molecule has 0 aromatic carbocycles. The van der Waals surface area contributed by atoms with Crippen LogP contribution in [0.2, 0.25) is 0 Å². The summed E-state index contributed by atoms with van der Waals surface area (Å²) in [4.78, 5) is 2.79. The molecule has 0 amide bonds. The lowest BCUT2D eigenvalue weighted by Crippen LogP contribution is -2.18. The van der Waals surface area contributed by atoms with E-state index in [1.807, 2.05) is 11.3 Å². The molecule has 1 unspecified atom stereocenters. The average Bonchev–Trinajstić information content (AvgIpc) is 2.50. The molecule has 0 aliphatic heterocycles. The molecule has 78 valence electrons. The molecule has 14 heavy (non-hydrogen) atoms. The lowest BCUT2D eigenvalue weighted by Gasteiger charge is -2.12. The first-order valence-electron chi connectivity index (χ1n) is 5.08. The molecule has 0 aliphatic carbocycles. The van der Waals surface area contributed by atoms with Crippen LogP contribution in [0.15, 0.2) is 23.8 Å². The molecule has 0 bridgehead atoms. The number of allylic oxidation sites excluding steroid dienone is 1. The second-order valence-electron chi connectivity index (χ2n) is 3.73. The van der Waals surface area contributed by atoms with Gasteiger partial charge in [-0.2, -0.15) is 0 Å². The highest BCUT2D eigenvalue weighted by Gasteiger charge is 2.08. The van der Waals surface area contributed by atoms with E-state index in [4.69, 9.17) is 0 Å². The Kier molecular flexibility index (Phi) is 4.36. The van der Waals surface area contributed by atoms with Crippen molar-refractivity contribution in [3.8, 4) is 0 Å². The summed E-state index contributed by atoms with van der Waals surface area (Å²) in [7, 11) is 0. The van der Waals surface area contributed by atoms with Crippen LogP contribution in [-0.2, 0) is 0 Å². The van der Waals surface area contributed by atoms with Gasteiger partial charge in [-0.3, -0.25) is 0 Å². The van der Waals surface area contributed by atoms with Gasteiger partial charge in [0.25, 0.3) is 0 Å². The molecule has 0 saturated heterocycles. The second-order valence-corrected chi connectivity index (χ2v) is 5.05. The summed E-state index contributed by atoms with van der Waals surface area (Å²) in [5.74, 6) is 0. The van der Waals surface area contributed by atoms with Crippen molar-refractivity contribution in [3.05, 3.63) is 33.5 Å². The third-order valence-corrected chi connectivity index (χ3v) is 3.08. The maximum Gasteiger partial charge on any atom is 0.0603 e. The monoisotopic (exact) mass is 209 g/mol. The molecule has 0 radical (unpaired) electrons. The van der Waals surface area contributed by atoms with Crippen molar-refractivity contribution in [3.63, 3.8) is 0 Å². The maximum atomic E-state index is 3.48. The summed E-state index contributed by atoms with van der Waals surface area (Å²) in [6.45, 7) is 9.59. The molecule has 1 rings (SSSR count). The molecule has 1 aromatic rings. The van der Waals surface area contributed by atoms with Crippen LogP contribution in [0, 0.1) is 6.92 Å². The van der Waals surface area contributed by atoms with E-state index in [0.29, 0.717) is 6.04 Å². The maximum absolute atomic E-state index is 3.48. The molecule has 2 heteroatoms. The summed E-state index contributed by atoms with van der Waals surface area (Å²) in [5, 5.41) is 3.48. The molecule has 0 saturated carbocycles. The van der Waals surface area contributed by atoms with Crippen LogP contribution in [0.1, 0.15) is 36.6 Å². The first-order chi connectivity index (χ1) is 6.63. The van der Waals surface area contributed by atoms with Gasteiger partial charge in [0, 0.05) is 9.75 Å². The fourth-order valence-corrected chi connectivity index (χ4v) is 2.34. The zero-order valence-electron chi connectivity index (χ0n) is 9.42. The van der Waals surface area contributed by atoms with E-state index in [0.717, 1.165) is 6.54 Å². The van der Waals surface area contributed by atoms with Crippen molar-refractivity contribution in [1.82, 2.24) is 5.32 Å². The number of likely N-dealkylation sites (N-methyl/N-ethyl adjacent to an activating group) is 1. The Morgan fingerprint density at radius 3 is 2.64 bits per heavy atom. The number of thiophene rings is 1. The first kappa shape index (κ1) is 11.5. The van der Waals surface area contributed by atoms with E-state index < -0.39 is 0 Å². The Labute approximate surface area is 90.9 Å². The average molecular weight is 209 g/mol. The molecule has 1 N–H and O–H groups in total. The van der Waals surface area contributed by atoms with Crippen molar-refractivity contribution < 1.29 is 0 Å². The van der Waals surface area contributed by atoms with Gasteiger partial charge in [0.1, 0.15) is 0 Å². The van der Waals surface area contributed by atoms with Gasteiger partial charge in [-0.05, 0) is 39.4 Å². The van der Waals surface area contributed by atoms with Gasteiger partial charge in [-0.1, -0.05) is 18.6 Å². The van der Waals surface area contributed by atoms with Gasteiger partial charge < -0.3 is 5.32 Å². The largest absolute Gasteiger partial charge is 0.306 e. The van der Waals surface area contributed by atoms with Crippen LogP contribution in [0.3, 0.4) is 0 Å². The van der Waals surface area contributed by atoms with Crippen molar-refractivity contribution in [2.75, 3.05) is 6.54 Å². The lowest BCUT2D eigenvalue weighted by molar-refractivity contribution is 0.654. The van der Waals surface area contributed by atoms with E-state index in [1.54, 1.807) is 0 Å². The summed E-state index contributed by atoms with van der Waals surface area (Å²) >= 11 is 1.87. The Hall–Kier alpha value is -0.600. The third-order valence-electron chi connectivity index (χ3n) is 1.99. The fourth-order valence-electron chi connectivity index (χ4n) is 1.42. The molecule has 0 fully saturated rings. The predicted octanol–water partition coefficient (Wildman–Crippen LogP) is 3.67. The van der Waals surface area contributed by atoms with E-state index in [-0.39, 0.29) is 0 Å². The standard InChI is InChI=1S/C12H19NS/c1-5-13-11(8-9(2)3)12-7-6-10(4)14-12/h6-8,11,13H,5H2,1-4H3. The molecular formula is C12H19NS. The Morgan fingerprint density at radius 1 is 1.50 bits per heavy atom. The van der Waals surface area contributed by atoms with Crippen molar-refractivity contribution >= 4 is 11.3 Å². The molecule has 0 aliphatic rings. The molecule has 1 atom stereocenters. The van der Waals surface area contributed by atoms with Crippen LogP contribution in [-0.4, -0.2) is 6.54 Å². The van der Waals surface area contributed by atoms with Crippen molar-refractivity contribution in [2.45, 2.75) is 33.7 Å². The zero-order chi connectivity index (χ0) is 10.6. The molecule has 1 nitrogen and oxygen atoms in total. The number of nitrogens with one attached hydrogen (secondary N) is 1. The zero-order valence-corrected chi connectivity index (χ0v) is 10.2. The van der Waals surface area contributed by atoms with Gasteiger partial charge in [0.2, 0.25) is 0 Å². The van der Waals surface area contributed by atoms with Gasteiger partial charge in [0.05, 0.1) is 6.04 Å². The van der Waals surface area contributed by atoms with E-state index >= 15 is 0 Å². The highest BCUT2D eigenvalue weighted by Crippen LogP contribution is 2.24. The van der Waals surface area contributed by atoms with Gasteiger partial charge in [-0.15, -0.1) is 11.3 Å². The Morgan fingerprint density at radius 2 is 2.21 bits per heavy atom. The summed E-state index contributed by atoms with van der Waals surface area (Å²) in [6.07, 6.45) is 2.29. The highest BCUT2D eigenvalue weighted by molar-refractivity contribution is 7.12. The summed E-state index contributed by atoms with van der Waals surface area (Å²) in [6, 6.07) is 4.79. The van der Waals surface area contributed by atoms with E-state index in [1.165, 1.54) is 15.3 Å². The summed E-state index contributed by atoms with van der Waals surface area (Å²) in [5.41, 5.74) is 1.36. The molecule has 0 spiro atoms. The number of hydrogen-bond donors (Lipinski definition) is 1. The van der Waals surface area contributed by atoms with Gasteiger partial charge >= 0.3 is 0 Å². The van der Waals surface area contributed by atoms with Gasteiger partial charge in [-0.25, -0.2) is 0 Å². The molecule has 1 aromatic heterocycles. The van der Waals surface area contributed by atoms with E-state index in [9.17, 15) is 0 Å². The Bertz CT molecular complexity index is 308. The van der Waals surface area contributed by atoms with Crippen LogP contribution in [0.25, 0.3) is 0 Å². The molecular weight excluding hydrogens is 190 g/mol. The highest BCUT2D eigenvalue weighted by atomic mass is 32.1. The van der Waals surface area contributed by atoms with Crippen LogP contribution >= 0.6 is 11.3 Å². The number of rotatable bonds is 4. The second kappa shape index (κ2) is 5.32. The minimum absolute atomic E-state index is 0.392. The SMILES string of the molecule is CCNC(C=C(C)C)c1ccc(C)s1. The minimum Gasteiger partial charge on any atom is -0.306 e. The van der Waals surface area contributed by atoms with Crippen LogP contribution in [0.4, 0.5) is 0 Å². The molecule has 1 heterocycles. The minimum atomic E-state index is 0.392.